The standard InChI is InChI=1S/C24H20BrN3O3/c1-15-6-8-16(9-7-15)21-14-22-20-13-18(25)10-11-23(20)31-24(2,27(22)26-21)17-4-3-5-19(12-17)28(29)30/h3-13,22H,14H2,1-2H3/t22-,24-/m1/s1. The zero-order valence-corrected chi connectivity index (χ0v) is 18.7. The van der Waals surface area contributed by atoms with Crippen LogP contribution in [-0.4, -0.2) is 15.6 Å². The number of rotatable bonds is 3. The van der Waals surface area contributed by atoms with Gasteiger partial charge >= 0.3 is 0 Å². The number of ether oxygens (including phenoxy) is 1. The molecule has 0 saturated heterocycles. The summed E-state index contributed by atoms with van der Waals surface area (Å²) in [7, 11) is 0. The van der Waals surface area contributed by atoms with Crippen LogP contribution in [-0.2, 0) is 5.72 Å². The lowest BCUT2D eigenvalue weighted by atomic mass is 9.92. The molecule has 0 aliphatic carbocycles. The largest absolute Gasteiger partial charge is 0.462 e. The SMILES string of the molecule is Cc1ccc(C2=NN3[C@H](C2)c2cc(Br)ccc2O[C@]3(C)c2cccc([N+](=O)[O-])c2)cc1. The maximum atomic E-state index is 11.4. The number of fused-ring (bicyclic) bond motifs is 3. The highest BCUT2D eigenvalue weighted by Crippen LogP contribution is 2.51. The maximum Gasteiger partial charge on any atom is 0.269 e. The number of halogens is 1. The lowest BCUT2D eigenvalue weighted by Crippen LogP contribution is -2.48. The van der Waals surface area contributed by atoms with Crippen LogP contribution in [0.15, 0.2) is 76.3 Å². The molecule has 2 heterocycles. The normalized spacial score (nSPS) is 21.7. The number of hydrogen-bond donors (Lipinski definition) is 0. The first-order valence-electron chi connectivity index (χ1n) is 10.0. The summed E-state index contributed by atoms with van der Waals surface area (Å²) in [6.07, 6.45) is 0.723. The van der Waals surface area contributed by atoms with E-state index in [1.54, 1.807) is 12.1 Å². The van der Waals surface area contributed by atoms with Crippen LogP contribution in [0.25, 0.3) is 0 Å². The lowest BCUT2D eigenvalue weighted by molar-refractivity contribution is -0.385. The third kappa shape index (κ3) is 3.29. The fraction of sp³-hybridized carbons (Fsp3) is 0.208. The van der Waals surface area contributed by atoms with Gasteiger partial charge in [-0.05, 0) is 30.7 Å². The summed E-state index contributed by atoms with van der Waals surface area (Å²) in [5.74, 6) is 0.763. The minimum Gasteiger partial charge on any atom is -0.462 e. The highest BCUT2D eigenvalue weighted by atomic mass is 79.9. The summed E-state index contributed by atoms with van der Waals surface area (Å²) in [5.41, 5.74) is 4.01. The second-order valence-corrected chi connectivity index (χ2v) is 8.97. The van der Waals surface area contributed by atoms with Crippen molar-refractivity contribution in [1.29, 1.82) is 0 Å². The minimum absolute atomic E-state index is 0.0300. The van der Waals surface area contributed by atoms with Crippen LogP contribution in [0.5, 0.6) is 5.75 Å². The van der Waals surface area contributed by atoms with Gasteiger partial charge in [0, 0.05) is 41.1 Å². The average Bonchev–Trinajstić information content (AvgIpc) is 3.22. The molecule has 3 aromatic rings. The molecule has 156 valence electrons. The van der Waals surface area contributed by atoms with Crippen LogP contribution in [0, 0.1) is 17.0 Å². The number of nitrogens with zero attached hydrogens (tertiary/aromatic N) is 3. The Morgan fingerprint density at radius 1 is 1.16 bits per heavy atom. The van der Waals surface area contributed by atoms with Crippen LogP contribution < -0.4 is 4.74 Å². The Labute approximate surface area is 188 Å². The quantitative estimate of drug-likeness (QED) is 0.338. The molecule has 0 unspecified atom stereocenters. The van der Waals surface area contributed by atoms with Crippen LogP contribution >= 0.6 is 15.9 Å². The van der Waals surface area contributed by atoms with E-state index in [2.05, 4.69) is 53.2 Å². The summed E-state index contributed by atoms with van der Waals surface area (Å²) >= 11 is 3.57. The first kappa shape index (κ1) is 19.8. The monoisotopic (exact) mass is 477 g/mol. The molecule has 2 aliphatic rings. The van der Waals surface area contributed by atoms with Gasteiger partial charge in [0.2, 0.25) is 5.72 Å². The maximum absolute atomic E-state index is 11.4. The molecule has 7 heteroatoms. The minimum atomic E-state index is -0.982. The van der Waals surface area contributed by atoms with Crippen molar-refractivity contribution in [3.05, 3.63) is 104 Å². The number of aryl methyl sites for hydroxylation is 1. The molecule has 31 heavy (non-hydrogen) atoms. The molecule has 0 fully saturated rings. The Kier molecular flexibility index (Phi) is 4.59. The van der Waals surface area contributed by atoms with Crippen LogP contribution in [0.4, 0.5) is 5.69 Å². The Morgan fingerprint density at radius 3 is 2.68 bits per heavy atom. The van der Waals surface area contributed by atoms with Gasteiger partial charge in [-0.2, -0.15) is 5.10 Å². The van der Waals surface area contributed by atoms with E-state index in [1.165, 1.54) is 11.6 Å². The van der Waals surface area contributed by atoms with Crippen molar-refractivity contribution in [2.75, 3.05) is 0 Å². The third-order valence-electron chi connectivity index (χ3n) is 5.96. The molecule has 2 aliphatic heterocycles. The van der Waals surface area contributed by atoms with Crippen molar-refractivity contribution in [3.63, 3.8) is 0 Å². The van der Waals surface area contributed by atoms with Crippen molar-refractivity contribution in [3.8, 4) is 5.75 Å². The molecule has 6 nitrogen and oxygen atoms in total. The van der Waals surface area contributed by atoms with Gasteiger partial charge < -0.3 is 4.74 Å². The van der Waals surface area contributed by atoms with Crippen molar-refractivity contribution in [2.45, 2.75) is 32.0 Å². The van der Waals surface area contributed by atoms with Crippen molar-refractivity contribution in [2.24, 2.45) is 5.10 Å². The van der Waals surface area contributed by atoms with Gasteiger partial charge in [0.15, 0.2) is 0 Å². The molecule has 2 atom stereocenters. The Balaban J connectivity index is 1.66. The Morgan fingerprint density at radius 2 is 1.94 bits per heavy atom. The molecule has 5 rings (SSSR count). The first-order chi connectivity index (χ1) is 14.8. The van der Waals surface area contributed by atoms with E-state index in [9.17, 15) is 10.1 Å². The summed E-state index contributed by atoms with van der Waals surface area (Å²) in [6, 6.07) is 20.8. The molecule has 0 spiro atoms. The summed E-state index contributed by atoms with van der Waals surface area (Å²) in [4.78, 5) is 11.0. The molecule has 0 bridgehead atoms. The number of hydrazone groups is 1. The predicted octanol–water partition coefficient (Wildman–Crippen LogP) is 6.08. The van der Waals surface area contributed by atoms with Crippen LogP contribution in [0.3, 0.4) is 0 Å². The number of benzene rings is 3. The van der Waals surface area contributed by atoms with E-state index < -0.39 is 5.72 Å². The fourth-order valence-electron chi connectivity index (χ4n) is 4.30. The molecular weight excluding hydrogens is 458 g/mol. The number of nitro benzene ring substituents is 1. The number of nitro groups is 1. The van der Waals surface area contributed by atoms with Crippen LogP contribution in [0.1, 0.15) is 41.6 Å². The average molecular weight is 478 g/mol. The highest BCUT2D eigenvalue weighted by Gasteiger charge is 2.49. The van der Waals surface area contributed by atoms with Crippen molar-refractivity contribution in [1.82, 2.24) is 5.01 Å². The summed E-state index contributed by atoms with van der Waals surface area (Å²) in [6.45, 7) is 3.98. The summed E-state index contributed by atoms with van der Waals surface area (Å²) < 4.78 is 7.46. The van der Waals surface area contributed by atoms with Gasteiger partial charge in [-0.3, -0.25) is 10.1 Å². The smallest absolute Gasteiger partial charge is 0.269 e. The Hall–Kier alpha value is -3.19. The van der Waals surface area contributed by atoms with Gasteiger partial charge in [-0.1, -0.05) is 57.9 Å². The van der Waals surface area contributed by atoms with E-state index in [1.807, 2.05) is 30.1 Å². The molecular formula is C24H20BrN3O3. The lowest BCUT2D eigenvalue weighted by Gasteiger charge is -2.46. The molecule has 3 aromatic carbocycles. The zero-order valence-electron chi connectivity index (χ0n) is 17.1. The first-order valence-corrected chi connectivity index (χ1v) is 10.8. The number of non-ortho nitro benzene ring substituents is 1. The van der Waals surface area contributed by atoms with E-state index in [0.29, 0.717) is 5.56 Å². The predicted molar refractivity (Wildman–Crippen MR) is 122 cm³/mol. The van der Waals surface area contributed by atoms with E-state index in [4.69, 9.17) is 9.84 Å². The Bertz CT molecular complexity index is 1220. The highest BCUT2D eigenvalue weighted by molar-refractivity contribution is 9.10. The van der Waals surface area contributed by atoms with E-state index in [-0.39, 0.29) is 16.7 Å². The third-order valence-corrected chi connectivity index (χ3v) is 6.46. The van der Waals surface area contributed by atoms with Gasteiger partial charge in [0.1, 0.15) is 5.75 Å². The van der Waals surface area contributed by atoms with Crippen LogP contribution in [0.2, 0.25) is 0 Å². The molecule has 0 saturated carbocycles. The topological polar surface area (TPSA) is 68.0 Å². The fourth-order valence-corrected chi connectivity index (χ4v) is 4.68. The van der Waals surface area contributed by atoms with Gasteiger partial charge in [-0.15, -0.1) is 0 Å². The molecule has 0 radical (unpaired) electrons. The second-order valence-electron chi connectivity index (χ2n) is 8.05. The zero-order chi connectivity index (χ0) is 21.8. The van der Waals surface area contributed by atoms with Gasteiger partial charge in [0.05, 0.1) is 16.7 Å². The summed E-state index contributed by atoms with van der Waals surface area (Å²) in [5, 5.41) is 18.3. The van der Waals surface area contributed by atoms with E-state index in [0.717, 1.165) is 33.5 Å². The van der Waals surface area contributed by atoms with E-state index >= 15 is 0 Å². The molecule has 0 amide bonds. The van der Waals surface area contributed by atoms with Gasteiger partial charge in [0.25, 0.3) is 5.69 Å². The number of hydrogen-bond acceptors (Lipinski definition) is 5. The molecule has 0 N–H and O–H groups in total. The second kappa shape index (κ2) is 7.20. The molecule has 0 aromatic heterocycles. The van der Waals surface area contributed by atoms with Gasteiger partial charge in [-0.25, -0.2) is 5.01 Å². The van der Waals surface area contributed by atoms with Crippen molar-refractivity contribution >= 4 is 27.3 Å². The van der Waals surface area contributed by atoms with Crippen molar-refractivity contribution < 1.29 is 9.66 Å².